The zero-order chi connectivity index (χ0) is 9.97. The van der Waals surface area contributed by atoms with Crippen molar-refractivity contribution in [3.8, 4) is 0 Å². The molecule has 0 bridgehead atoms. The molecule has 0 aliphatic heterocycles. The quantitative estimate of drug-likeness (QED) is 0.756. The number of fused-ring (bicyclic) bond motifs is 1. The smallest absolute Gasteiger partial charge is 0.340 e. The summed E-state index contributed by atoms with van der Waals surface area (Å²) in [4.78, 5) is 12.3. The van der Waals surface area contributed by atoms with Gasteiger partial charge in [0.1, 0.15) is 4.70 Å². The van der Waals surface area contributed by atoms with E-state index in [2.05, 4.69) is 9.59 Å². The SMILES string of the molecule is CCCOC(=O)c1csc2nnsc12. The van der Waals surface area contributed by atoms with Gasteiger partial charge in [-0.2, -0.15) is 0 Å². The second kappa shape index (κ2) is 4.02. The van der Waals surface area contributed by atoms with E-state index in [0.717, 1.165) is 16.0 Å². The van der Waals surface area contributed by atoms with Crippen LogP contribution < -0.4 is 0 Å². The van der Waals surface area contributed by atoms with Crippen LogP contribution in [0.3, 0.4) is 0 Å². The highest BCUT2D eigenvalue weighted by Gasteiger charge is 2.15. The summed E-state index contributed by atoms with van der Waals surface area (Å²) < 4.78 is 9.64. The average molecular weight is 228 g/mol. The number of thiophene rings is 1. The molecule has 0 aliphatic carbocycles. The largest absolute Gasteiger partial charge is 0.462 e. The minimum atomic E-state index is -0.274. The number of carbonyl (C=O) groups excluding carboxylic acids is 1. The molecule has 0 saturated carbocycles. The zero-order valence-electron chi connectivity index (χ0n) is 7.52. The molecule has 2 aromatic heterocycles. The van der Waals surface area contributed by atoms with Crippen molar-refractivity contribution in [3.05, 3.63) is 10.9 Å². The van der Waals surface area contributed by atoms with Crippen LogP contribution in [0.25, 0.3) is 9.53 Å². The monoisotopic (exact) mass is 228 g/mol. The Morgan fingerprint density at radius 2 is 2.50 bits per heavy atom. The van der Waals surface area contributed by atoms with Crippen LogP contribution in [0.1, 0.15) is 23.7 Å². The maximum absolute atomic E-state index is 11.5. The minimum absolute atomic E-state index is 0.274. The van der Waals surface area contributed by atoms with Crippen LogP contribution in [0.15, 0.2) is 5.38 Å². The molecule has 0 radical (unpaired) electrons. The van der Waals surface area contributed by atoms with Crippen LogP contribution >= 0.6 is 22.9 Å². The van der Waals surface area contributed by atoms with Gasteiger partial charge in [-0.05, 0) is 18.0 Å². The van der Waals surface area contributed by atoms with Crippen LogP contribution in [-0.4, -0.2) is 22.2 Å². The van der Waals surface area contributed by atoms with Gasteiger partial charge in [0.2, 0.25) is 0 Å². The summed E-state index contributed by atoms with van der Waals surface area (Å²) in [5.74, 6) is -0.274. The molecular weight excluding hydrogens is 220 g/mol. The Labute approximate surface area is 88.7 Å². The third-order valence-electron chi connectivity index (χ3n) is 1.65. The number of carbonyl (C=O) groups is 1. The third-order valence-corrected chi connectivity index (χ3v) is 3.40. The average Bonchev–Trinajstić information content (AvgIpc) is 2.74. The van der Waals surface area contributed by atoms with Gasteiger partial charge in [0.05, 0.1) is 12.2 Å². The van der Waals surface area contributed by atoms with E-state index in [4.69, 9.17) is 4.74 Å². The predicted molar refractivity (Wildman–Crippen MR) is 55.9 cm³/mol. The van der Waals surface area contributed by atoms with Crippen molar-refractivity contribution >= 4 is 38.4 Å². The van der Waals surface area contributed by atoms with Gasteiger partial charge < -0.3 is 4.74 Å². The van der Waals surface area contributed by atoms with Crippen molar-refractivity contribution in [1.82, 2.24) is 9.59 Å². The van der Waals surface area contributed by atoms with Crippen LogP contribution in [0.4, 0.5) is 0 Å². The third kappa shape index (κ3) is 1.62. The number of hydrogen-bond donors (Lipinski definition) is 0. The van der Waals surface area contributed by atoms with E-state index in [1.54, 1.807) is 5.38 Å². The Bertz CT molecular complexity index is 449. The summed E-state index contributed by atoms with van der Waals surface area (Å²) in [5, 5.41) is 5.65. The van der Waals surface area contributed by atoms with Crippen LogP contribution in [0.5, 0.6) is 0 Å². The fourth-order valence-corrected chi connectivity index (χ4v) is 2.70. The first-order valence-corrected chi connectivity index (χ1v) is 5.85. The highest BCUT2D eigenvalue weighted by Crippen LogP contribution is 2.27. The Morgan fingerprint density at radius 1 is 1.64 bits per heavy atom. The molecular formula is C8H8N2O2S2. The lowest BCUT2D eigenvalue weighted by Gasteiger charge is -1.99. The standard InChI is InChI=1S/C8H8N2O2S2/c1-2-3-12-8(11)5-4-13-7-6(5)14-10-9-7/h4H,2-3H2,1H3. The fraction of sp³-hybridized carbons (Fsp3) is 0.375. The molecule has 2 heterocycles. The molecule has 6 heteroatoms. The van der Waals surface area contributed by atoms with E-state index in [9.17, 15) is 4.79 Å². The number of hydrogen-bond acceptors (Lipinski definition) is 6. The molecule has 0 saturated heterocycles. The first-order chi connectivity index (χ1) is 6.83. The van der Waals surface area contributed by atoms with Crippen molar-refractivity contribution in [2.45, 2.75) is 13.3 Å². The maximum Gasteiger partial charge on any atom is 0.340 e. The summed E-state index contributed by atoms with van der Waals surface area (Å²) in [6, 6.07) is 0. The van der Waals surface area contributed by atoms with E-state index in [-0.39, 0.29) is 5.97 Å². The Morgan fingerprint density at radius 3 is 3.29 bits per heavy atom. The van der Waals surface area contributed by atoms with Crippen molar-refractivity contribution in [3.63, 3.8) is 0 Å². The second-order valence-electron chi connectivity index (χ2n) is 2.69. The molecule has 74 valence electrons. The van der Waals surface area contributed by atoms with Crippen molar-refractivity contribution < 1.29 is 9.53 Å². The van der Waals surface area contributed by atoms with E-state index in [0.29, 0.717) is 12.2 Å². The molecule has 0 atom stereocenters. The second-order valence-corrected chi connectivity index (χ2v) is 4.30. The van der Waals surface area contributed by atoms with E-state index < -0.39 is 0 Å². The first kappa shape index (κ1) is 9.54. The van der Waals surface area contributed by atoms with Gasteiger partial charge in [0, 0.05) is 5.38 Å². The molecule has 0 aromatic carbocycles. The minimum Gasteiger partial charge on any atom is -0.462 e. The molecule has 2 aromatic rings. The molecule has 0 unspecified atom stereocenters. The molecule has 0 fully saturated rings. The number of esters is 1. The summed E-state index contributed by atoms with van der Waals surface area (Å²) in [6.45, 7) is 2.42. The molecule has 0 spiro atoms. The first-order valence-electron chi connectivity index (χ1n) is 4.19. The van der Waals surface area contributed by atoms with Crippen LogP contribution in [-0.2, 0) is 4.74 Å². The van der Waals surface area contributed by atoms with E-state index in [1.165, 1.54) is 22.9 Å². The zero-order valence-corrected chi connectivity index (χ0v) is 9.15. The molecule has 0 N–H and O–H groups in total. The lowest BCUT2D eigenvalue weighted by atomic mass is 10.3. The lowest BCUT2D eigenvalue weighted by molar-refractivity contribution is 0.0508. The number of ether oxygens (including phenoxy) is 1. The van der Waals surface area contributed by atoms with Crippen LogP contribution in [0.2, 0.25) is 0 Å². The van der Waals surface area contributed by atoms with Gasteiger partial charge in [-0.3, -0.25) is 0 Å². The molecule has 0 aliphatic rings. The van der Waals surface area contributed by atoms with Gasteiger partial charge in [0.25, 0.3) is 0 Å². The summed E-state index contributed by atoms with van der Waals surface area (Å²) in [6.07, 6.45) is 0.833. The summed E-state index contributed by atoms with van der Waals surface area (Å²) >= 11 is 2.65. The number of aromatic nitrogens is 2. The van der Waals surface area contributed by atoms with Gasteiger partial charge in [-0.15, -0.1) is 16.4 Å². The van der Waals surface area contributed by atoms with Gasteiger partial charge in [0.15, 0.2) is 4.83 Å². The summed E-state index contributed by atoms with van der Waals surface area (Å²) in [7, 11) is 0. The topological polar surface area (TPSA) is 52.1 Å². The normalized spacial score (nSPS) is 10.6. The van der Waals surface area contributed by atoms with E-state index in [1.807, 2.05) is 6.92 Å². The van der Waals surface area contributed by atoms with Crippen molar-refractivity contribution in [2.75, 3.05) is 6.61 Å². The number of rotatable bonds is 3. The fourth-order valence-electron chi connectivity index (χ4n) is 1.01. The maximum atomic E-state index is 11.5. The Hall–Kier alpha value is -1.01. The molecule has 2 rings (SSSR count). The highest BCUT2D eigenvalue weighted by atomic mass is 32.1. The molecule has 14 heavy (non-hydrogen) atoms. The predicted octanol–water partition coefficient (Wildman–Crippen LogP) is 2.32. The Balaban J connectivity index is 2.25. The Kier molecular flexibility index (Phi) is 2.74. The van der Waals surface area contributed by atoms with Crippen molar-refractivity contribution in [1.29, 1.82) is 0 Å². The lowest BCUT2D eigenvalue weighted by Crippen LogP contribution is -2.04. The summed E-state index contributed by atoms with van der Waals surface area (Å²) in [5.41, 5.74) is 0.591. The molecule has 4 nitrogen and oxygen atoms in total. The van der Waals surface area contributed by atoms with Gasteiger partial charge >= 0.3 is 5.97 Å². The van der Waals surface area contributed by atoms with Crippen molar-refractivity contribution in [2.24, 2.45) is 0 Å². The molecule has 0 amide bonds. The number of nitrogens with zero attached hydrogens (tertiary/aromatic N) is 2. The van der Waals surface area contributed by atoms with E-state index >= 15 is 0 Å². The van der Waals surface area contributed by atoms with Gasteiger partial charge in [-0.25, -0.2) is 4.79 Å². The van der Waals surface area contributed by atoms with Gasteiger partial charge in [-0.1, -0.05) is 11.4 Å². The highest BCUT2D eigenvalue weighted by molar-refractivity contribution is 7.24. The van der Waals surface area contributed by atoms with Crippen LogP contribution in [0, 0.1) is 0 Å².